The van der Waals surface area contributed by atoms with Gasteiger partial charge in [-0.3, -0.25) is 0 Å². The number of thioether (sulfide) groups is 1. The van der Waals surface area contributed by atoms with E-state index in [1.165, 1.54) is 30.2 Å². The molecule has 3 aliphatic rings. The molecule has 6 nitrogen and oxygen atoms in total. The largest absolute Gasteiger partial charge is 0.508 e. The molecular formula is C34H51NO5S. The fourth-order valence-electron chi connectivity index (χ4n) is 6.48. The van der Waals surface area contributed by atoms with Gasteiger partial charge in [0, 0.05) is 11.8 Å². The lowest BCUT2D eigenvalue weighted by molar-refractivity contribution is -0.118. The highest BCUT2D eigenvalue weighted by atomic mass is 32.2. The summed E-state index contributed by atoms with van der Waals surface area (Å²) in [6.07, 6.45) is 14.2. The number of hydrogen-bond donors (Lipinski definition) is 5. The Labute approximate surface area is 251 Å². The minimum Gasteiger partial charge on any atom is -0.508 e. The normalized spacial score (nSPS) is 25.2. The summed E-state index contributed by atoms with van der Waals surface area (Å²) in [4.78, 5) is 1.31. The Morgan fingerprint density at radius 3 is 2.44 bits per heavy atom. The van der Waals surface area contributed by atoms with E-state index in [2.05, 4.69) is 36.4 Å². The van der Waals surface area contributed by atoms with Crippen LogP contribution in [0.4, 0.5) is 0 Å². The van der Waals surface area contributed by atoms with Crippen LogP contribution >= 0.6 is 11.8 Å². The molecule has 1 aromatic carbocycles. The summed E-state index contributed by atoms with van der Waals surface area (Å²) in [5.74, 6) is 1.12. The number of nitrogens with one attached hydrogen (secondary N) is 1. The Morgan fingerprint density at radius 1 is 1.07 bits per heavy atom. The van der Waals surface area contributed by atoms with Crippen LogP contribution in [0.2, 0.25) is 0 Å². The SMILES string of the molecule is C=C(NC(C1CCC1)[C@@H]1CCC(C)[C@@H](C[C@H](O)CCCc2c(C)c(O)cc(O)c2C)O1)C(O)CCC1=CCC=CS1. The van der Waals surface area contributed by atoms with Crippen LogP contribution in [0.3, 0.4) is 0 Å². The molecule has 3 unspecified atom stereocenters. The number of phenolic OH excluding ortho intramolecular Hbond substituents is 2. The van der Waals surface area contributed by atoms with Gasteiger partial charge >= 0.3 is 0 Å². The Hall–Kier alpha value is -1.93. The maximum absolute atomic E-state index is 11.0. The van der Waals surface area contributed by atoms with E-state index in [-0.39, 0.29) is 29.7 Å². The lowest BCUT2D eigenvalue weighted by Gasteiger charge is -2.45. The Bertz CT molecular complexity index is 1070. The highest BCUT2D eigenvalue weighted by molar-refractivity contribution is 8.05. The second kappa shape index (κ2) is 15.0. The Balaban J connectivity index is 1.29. The van der Waals surface area contributed by atoms with Crippen molar-refractivity contribution in [2.75, 3.05) is 0 Å². The first-order valence-electron chi connectivity index (χ1n) is 15.6. The van der Waals surface area contributed by atoms with Crippen LogP contribution < -0.4 is 5.32 Å². The molecule has 5 N–H and O–H groups in total. The monoisotopic (exact) mass is 585 g/mol. The number of aromatic hydroxyl groups is 2. The summed E-state index contributed by atoms with van der Waals surface area (Å²) in [6.45, 7) is 10.2. The number of hydrogen-bond acceptors (Lipinski definition) is 7. The lowest BCUT2D eigenvalue weighted by Crippen LogP contribution is -2.53. The topological polar surface area (TPSA) is 102 Å². The molecule has 7 heteroatoms. The van der Waals surface area contributed by atoms with Gasteiger partial charge in [-0.05, 0) is 123 Å². The smallest absolute Gasteiger partial charge is 0.122 e. The third-order valence-corrected chi connectivity index (χ3v) is 10.6. The highest BCUT2D eigenvalue weighted by Gasteiger charge is 2.39. The number of ether oxygens (including phenoxy) is 1. The average Bonchev–Trinajstić information content (AvgIpc) is 2.93. The third kappa shape index (κ3) is 8.56. The van der Waals surface area contributed by atoms with Crippen molar-refractivity contribution in [1.82, 2.24) is 5.32 Å². The second-order valence-electron chi connectivity index (χ2n) is 12.5. The summed E-state index contributed by atoms with van der Waals surface area (Å²) in [6, 6.07) is 1.53. The van der Waals surface area contributed by atoms with Gasteiger partial charge in [0.25, 0.3) is 0 Å². The van der Waals surface area contributed by atoms with Gasteiger partial charge in [-0.15, -0.1) is 11.8 Å². The van der Waals surface area contributed by atoms with E-state index in [9.17, 15) is 20.4 Å². The summed E-state index contributed by atoms with van der Waals surface area (Å²) >= 11 is 1.74. The molecule has 0 radical (unpaired) electrons. The van der Waals surface area contributed by atoms with Crippen molar-refractivity contribution in [3.63, 3.8) is 0 Å². The van der Waals surface area contributed by atoms with Gasteiger partial charge in [0.2, 0.25) is 0 Å². The lowest BCUT2D eigenvalue weighted by atomic mass is 9.75. The zero-order valence-electron chi connectivity index (χ0n) is 25.1. The van der Waals surface area contributed by atoms with Gasteiger partial charge in [-0.25, -0.2) is 0 Å². The van der Waals surface area contributed by atoms with Crippen LogP contribution in [-0.4, -0.2) is 50.9 Å². The number of phenols is 2. The van der Waals surface area contributed by atoms with Crippen molar-refractivity contribution < 1.29 is 25.2 Å². The van der Waals surface area contributed by atoms with Crippen molar-refractivity contribution >= 4 is 11.8 Å². The number of rotatable bonds is 14. The standard InChI is InChI=1S/C34H51NO5S/c1-21-14-17-32(34(25-9-7-10-25)35-24(4)29(37)16-15-27-12-5-6-18-41-27)40-33(21)19-26(36)11-8-13-28-22(2)30(38)20-31(39)23(28)3/h6,12,18,20-21,25-26,29,32-39H,4-5,7-11,13-17,19H2,1-3H3/t21?,26-,29?,32+,33-,34?/m1/s1. The molecule has 0 bridgehead atoms. The van der Waals surface area contributed by atoms with Crippen molar-refractivity contribution in [2.24, 2.45) is 11.8 Å². The molecule has 6 atom stereocenters. The predicted molar refractivity (Wildman–Crippen MR) is 168 cm³/mol. The molecule has 0 amide bonds. The summed E-state index contributed by atoms with van der Waals surface area (Å²) in [7, 11) is 0. The molecule has 2 aliphatic heterocycles. The first-order valence-corrected chi connectivity index (χ1v) is 16.5. The minimum absolute atomic E-state index is 0.0112. The minimum atomic E-state index is -0.592. The first kappa shape index (κ1) is 32.0. The van der Waals surface area contributed by atoms with E-state index in [0.717, 1.165) is 48.8 Å². The molecule has 1 aromatic rings. The molecule has 0 aromatic heterocycles. The summed E-state index contributed by atoms with van der Waals surface area (Å²) in [5.41, 5.74) is 3.25. The quantitative estimate of drug-likeness (QED) is 0.162. The molecule has 1 aliphatic carbocycles. The highest BCUT2D eigenvalue weighted by Crippen LogP contribution is 2.38. The third-order valence-electron chi connectivity index (χ3n) is 9.58. The van der Waals surface area contributed by atoms with E-state index in [1.807, 2.05) is 13.8 Å². The number of aliphatic hydroxyl groups is 2. The van der Waals surface area contributed by atoms with Gasteiger partial charge in [0.15, 0.2) is 0 Å². The predicted octanol–water partition coefficient (Wildman–Crippen LogP) is 6.92. The molecule has 2 heterocycles. The molecule has 0 spiro atoms. The molecular weight excluding hydrogens is 534 g/mol. The van der Waals surface area contributed by atoms with E-state index in [0.29, 0.717) is 43.2 Å². The Kier molecular flexibility index (Phi) is 11.7. The zero-order chi connectivity index (χ0) is 29.5. The van der Waals surface area contributed by atoms with E-state index >= 15 is 0 Å². The van der Waals surface area contributed by atoms with Crippen molar-refractivity contribution in [1.29, 1.82) is 0 Å². The van der Waals surface area contributed by atoms with Crippen LogP contribution in [0.15, 0.2) is 40.8 Å². The maximum Gasteiger partial charge on any atom is 0.122 e. The van der Waals surface area contributed by atoms with Crippen LogP contribution in [0.25, 0.3) is 0 Å². The summed E-state index contributed by atoms with van der Waals surface area (Å²) < 4.78 is 6.73. The van der Waals surface area contributed by atoms with Gasteiger partial charge in [0.1, 0.15) is 11.5 Å². The van der Waals surface area contributed by atoms with E-state index in [4.69, 9.17) is 4.74 Å². The molecule has 2 fully saturated rings. The zero-order valence-corrected chi connectivity index (χ0v) is 26.0. The molecule has 1 saturated heterocycles. The van der Waals surface area contributed by atoms with Gasteiger partial charge in [-0.2, -0.15) is 0 Å². The van der Waals surface area contributed by atoms with Gasteiger partial charge in [-0.1, -0.05) is 32.1 Å². The van der Waals surface area contributed by atoms with Gasteiger partial charge in [0.05, 0.1) is 30.5 Å². The fraction of sp³-hybridized carbons (Fsp3) is 0.647. The molecule has 4 rings (SSSR count). The maximum atomic E-state index is 11.0. The van der Waals surface area contributed by atoms with Crippen molar-refractivity contribution in [3.8, 4) is 11.5 Å². The molecule has 1 saturated carbocycles. The summed E-state index contributed by atoms with van der Waals surface area (Å²) in [5, 5.41) is 47.8. The van der Waals surface area contributed by atoms with Crippen LogP contribution in [0, 0.1) is 25.7 Å². The van der Waals surface area contributed by atoms with Crippen molar-refractivity contribution in [3.05, 3.63) is 57.5 Å². The van der Waals surface area contributed by atoms with Crippen LogP contribution in [-0.2, 0) is 11.2 Å². The fourth-order valence-corrected chi connectivity index (χ4v) is 7.29. The van der Waals surface area contributed by atoms with Crippen molar-refractivity contribution in [2.45, 2.75) is 128 Å². The number of allylic oxidation sites excluding steroid dienone is 3. The van der Waals surface area contributed by atoms with Crippen LogP contribution in [0.1, 0.15) is 94.2 Å². The average molecular weight is 586 g/mol. The van der Waals surface area contributed by atoms with Crippen LogP contribution in [0.5, 0.6) is 11.5 Å². The molecule has 41 heavy (non-hydrogen) atoms. The van der Waals surface area contributed by atoms with E-state index in [1.54, 1.807) is 11.8 Å². The second-order valence-corrected chi connectivity index (χ2v) is 13.6. The van der Waals surface area contributed by atoms with E-state index < -0.39 is 12.2 Å². The first-order chi connectivity index (χ1) is 19.6. The number of benzene rings is 1. The Morgan fingerprint density at radius 2 is 1.80 bits per heavy atom. The number of aliphatic hydroxyl groups excluding tert-OH is 2. The molecule has 228 valence electrons. The van der Waals surface area contributed by atoms with Gasteiger partial charge < -0.3 is 30.5 Å².